The maximum Gasteiger partial charge on any atom is 0.0578 e. The highest BCUT2D eigenvalue weighted by Gasteiger charge is 2.27. The lowest BCUT2D eigenvalue weighted by Crippen LogP contribution is -2.38. The van der Waals surface area contributed by atoms with Crippen molar-refractivity contribution < 1.29 is 9.84 Å². The maximum atomic E-state index is 9.58. The van der Waals surface area contributed by atoms with Crippen LogP contribution in [0, 0.1) is 11.3 Å². The summed E-state index contributed by atoms with van der Waals surface area (Å²) < 4.78 is 5.53. The zero-order valence-corrected chi connectivity index (χ0v) is 10.6. The van der Waals surface area contributed by atoms with Crippen LogP contribution in [0.3, 0.4) is 0 Å². The average molecular weight is 217 g/mol. The van der Waals surface area contributed by atoms with E-state index < -0.39 is 0 Å². The highest BCUT2D eigenvalue weighted by molar-refractivity contribution is 4.80. The summed E-state index contributed by atoms with van der Waals surface area (Å²) in [7, 11) is 0. The highest BCUT2D eigenvalue weighted by Crippen LogP contribution is 2.24. The van der Waals surface area contributed by atoms with Gasteiger partial charge < -0.3 is 15.6 Å². The van der Waals surface area contributed by atoms with Gasteiger partial charge in [0.2, 0.25) is 0 Å². The first-order valence-electron chi connectivity index (χ1n) is 5.88. The molecule has 0 aliphatic carbocycles. The molecule has 0 bridgehead atoms. The number of nitrogens with two attached hydrogens (primary N) is 1. The molecule has 3 heteroatoms. The molecule has 0 aromatic rings. The summed E-state index contributed by atoms with van der Waals surface area (Å²) in [6.07, 6.45) is 1.53. The smallest absolute Gasteiger partial charge is 0.0578 e. The maximum absolute atomic E-state index is 9.58. The molecule has 0 rings (SSSR count). The van der Waals surface area contributed by atoms with E-state index in [0.717, 1.165) is 19.4 Å². The molecule has 0 aliphatic rings. The van der Waals surface area contributed by atoms with E-state index in [0.29, 0.717) is 19.1 Å². The Hall–Kier alpha value is -0.120. The van der Waals surface area contributed by atoms with Crippen LogP contribution in [0.25, 0.3) is 0 Å². The summed E-state index contributed by atoms with van der Waals surface area (Å²) in [5.41, 5.74) is 5.44. The van der Waals surface area contributed by atoms with Gasteiger partial charge in [-0.15, -0.1) is 0 Å². The van der Waals surface area contributed by atoms with Crippen molar-refractivity contribution in [2.75, 3.05) is 19.8 Å². The number of rotatable bonds is 8. The Labute approximate surface area is 94.0 Å². The molecule has 0 aliphatic heterocycles. The van der Waals surface area contributed by atoms with Crippen LogP contribution in [-0.2, 0) is 4.74 Å². The molecule has 3 N–H and O–H groups in total. The standard InChI is InChI=1S/C12H27NO2/c1-10(2)5-7-15-8-6-12(4,9-13)11(3)14/h10-11,14H,5-9,13H2,1-4H3. The molecule has 0 saturated heterocycles. The molecule has 0 radical (unpaired) electrons. The summed E-state index contributed by atoms with van der Waals surface area (Å²) >= 11 is 0. The van der Waals surface area contributed by atoms with E-state index in [4.69, 9.17) is 10.5 Å². The quantitative estimate of drug-likeness (QED) is 0.609. The van der Waals surface area contributed by atoms with E-state index in [9.17, 15) is 5.11 Å². The molecule has 0 aromatic heterocycles. The van der Waals surface area contributed by atoms with Crippen LogP contribution < -0.4 is 5.73 Å². The zero-order valence-electron chi connectivity index (χ0n) is 10.6. The number of aliphatic hydroxyl groups is 1. The Kier molecular flexibility index (Phi) is 7.14. The first-order valence-corrected chi connectivity index (χ1v) is 5.88. The molecule has 2 unspecified atom stereocenters. The van der Waals surface area contributed by atoms with Gasteiger partial charge in [-0.3, -0.25) is 0 Å². The van der Waals surface area contributed by atoms with Gasteiger partial charge in [0.15, 0.2) is 0 Å². The van der Waals surface area contributed by atoms with Crippen LogP contribution in [0.1, 0.15) is 40.5 Å². The zero-order chi connectivity index (χ0) is 11.9. The Morgan fingerprint density at radius 2 is 1.87 bits per heavy atom. The Morgan fingerprint density at radius 1 is 1.27 bits per heavy atom. The van der Waals surface area contributed by atoms with E-state index in [-0.39, 0.29) is 11.5 Å². The molecule has 92 valence electrons. The second-order valence-corrected chi connectivity index (χ2v) is 5.08. The lowest BCUT2D eigenvalue weighted by Gasteiger charge is -2.31. The van der Waals surface area contributed by atoms with Crippen LogP contribution in [0.2, 0.25) is 0 Å². The minimum atomic E-state index is -0.379. The van der Waals surface area contributed by atoms with Crippen molar-refractivity contribution in [3.05, 3.63) is 0 Å². The Bertz CT molecular complexity index is 160. The second kappa shape index (κ2) is 7.20. The van der Waals surface area contributed by atoms with Gasteiger partial charge in [0.25, 0.3) is 0 Å². The molecule has 0 spiro atoms. The largest absolute Gasteiger partial charge is 0.393 e. The van der Waals surface area contributed by atoms with Crippen molar-refractivity contribution in [2.24, 2.45) is 17.1 Å². The van der Waals surface area contributed by atoms with Crippen LogP contribution in [0.15, 0.2) is 0 Å². The van der Waals surface area contributed by atoms with Crippen molar-refractivity contribution >= 4 is 0 Å². The average Bonchev–Trinajstić information content (AvgIpc) is 2.16. The summed E-state index contributed by atoms with van der Waals surface area (Å²) in [5, 5.41) is 9.58. The fourth-order valence-corrected chi connectivity index (χ4v) is 1.21. The molecule has 2 atom stereocenters. The van der Waals surface area contributed by atoms with E-state index in [1.807, 2.05) is 6.92 Å². The number of hydrogen-bond acceptors (Lipinski definition) is 3. The molecular formula is C12H27NO2. The first kappa shape index (κ1) is 14.9. The lowest BCUT2D eigenvalue weighted by atomic mass is 9.82. The van der Waals surface area contributed by atoms with Crippen molar-refractivity contribution in [1.29, 1.82) is 0 Å². The van der Waals surface area contributed by atoms with E-state index in [1.165, 1.54) is 0 Å². The Balaban J connectivity index is 3.64. The van der Waals surface area contributed by atoms with Gasteiger partial charge in [0, 0.05) is 25.2 Å². The van der Waals surface area contributed by atoms with Crippen LogP contribution in [0.4, 0.5) is 0 Å². The van der Waals surface area contributed by atoms with Crippen molar-refractivity contribution in [3.8, 4) is 0 Å². The van der Waals surface area contributed by atoms with Crippen LogP contribution in [-0.4, -0.2) is 31.0 Å². The number of aliphatic hydroxyl groups excluding tert-OH is 1. The van der Waals surface area contributed by atoms with E-state index in [2.05, 4.69) is 13.8 Å². The molecule has 0 fully saturated rings. The monoisotopic (exact) mass is 217 g/mol. The molecule has 3 nitrogen and oxygen atoms in total. The topological polar surface area (TPSA) is 55.5 Å². The first-order chi connectivity index (χ1) is 6.92. The van der Waals surface area contributed by atoms with Gasteiger partial charge in [0.05, 0.1) is 6.10 Å². The highest BCUT2D eigenvalue weighted by atomic mass is 16.5. The molecule has 0 saturated carbocycles. The molecule has 0 heterocycles. The SMILES string of the molecule is CC(C)CCOCCC(C)(CN)C(C)O. The second-order valence-electron chi connectivity index (χ2n) is 5.08. The third-order valence-electron chi connectivity index (χ3n) is 3.13. The van der Waals surface area contributed by atoms with Gasteiger partial charge >= 0.3 is 0 Å². The lowest BCUT2D eigenvalue weighted by molar-refractivity contribution is 0.0201. The summed E-state index contributed by atoms with van der Waals surface area (Å²) in [5.74, 6) is 0.683. The molecule has 0 amide bonds. The fraction of sp³-hybridized carbons (Fsp3) is 1.00. The molecular weight excluding hydrogens is 190 g/mol. The van der Waals surface area contributed by atoms with Gasteiger partial charge in [-0.05, 0) is 25.7 Å². The minimum absolute atomic E-state index is 0.210. The summed E-state index contributed by atoms with van der Waals surface area (Å²) in [4.78, 5) is 0. The van der Waals surface area contributed by atoms with E-state index >= 15 is 0 Å². The number of ether oxygens (including phenoxy) is 1. The molecule has 15 heavy (non-hydrogen) atoms. The van der Waals surface area contributed by atoms with E-state index in [1.54, 1.807) is 6.92 Å². The van der Waals surface area contributed by atoms with Gasteiger partial charge in [-0.2, -0.15) is 0 Å². The summed E-state index contributed by atoms with van der Waals surface area (Å²) in [6, 6.07) is 0. The van der Waals surface area contributed by atoms with Crippen molar-refractivity contribution in [2.45, 2.75) is 46.6 Å². The third kappa shape index (κ3) is 6.13. The predicted octanol–water partition coefficient (Wildman–Crippen LogP) is 1.79. The third-order valence-corrected chi connectivity index (χ3v) is 3.13. The summed E-state index contributed by atoms with van der Waals surface area (Å²) in [6.45, 7) is 10.2. The minimum Gasteiger partial charge on any atom is -0.393 e. The van der Waals surface area contributed by atoms with Gasteiger partial charge in [-0.1, -0.05) is 20.8 Å². The van der Waals surface area contributed by atoms with Crippen molar-refractivity contribution in [1.82, 2.24) is 0 Å². The van der Waals surface area contributed by atoms with Gasteiger partial charge in [-0.25, -0.2) is 0 Å². The van der Waals surface area contributed by atoms with Crippen LogP contribution in [0.5, 0.6) is 0 Å². The predicted molar refractivity (Wildman–Crippen MR) is 63.7 cm³/mol. The van der Waals surface area contributed by atoms with Crippen LogP contribution >= 0.6 is 0 Å². The van der Waals surface area contributed by atoms with Gasteiger partial charge in [0.1, 0.15) is 0 Å². The Morgan fingerprint density at radius 3 is 2.27 bits per heavy atom. The van der Waals surface area contributed by atoms with Crippen molar-refractivity contribution in [3.63, 3.8) is 0 Å². The normalized spacial score (nSPS) is 17.8. The fourth-order valence-electron chi connectivity index (χ4n) is 1.21. The number of hydrogen-bond donors (Lipinski definition) is 2. The molecule has 0 aromatic carbocycles.